The Hall–Kier alpha value is -2.27. The number of hydrogen-bond donors (Lipinski definition) is 1. The van der Waals surface area contributed by atoms with Crippen molar-refractivity contribution in [1.29, 1.82) is 0 Å². The molecule has 0 spiro atoms. The van der Waals surface area contributed by atoms with E-state index in [1.807, 2.05) is 6.92 Å². The molecule has 0 aliphatic rings. The highest BCUT2D eigenvalue weighted by molar-refractivity contribution is 6.32. The minimum atomic E-state index is -0.327. The summed E-state index contributed by atoms with van der Waals surface area (Å²) in [5.74, 6) is 0.468. The molecule has 0 saturated carbocycles. The summed E-state index contributed by atoms with van der Waals surface area (Å²) in [6, 6.07) is 9.36. The van der Waals surface area contributed by atoms with Gasteiger partial charge >= 0.3 is 0 Å². The first-order valence-electron chi connectivity index (χ1n) is 6.65. The molecule has 0 radical (unpaired) electrons. The molecule has 0 unspecified atom stereocenters. The third-order valence-electron chi connectivity index (χ3n) is 2.81. The Balaban J connectivity index is 2.25. The smallest absolute Gasteiger partial charge is 0.180 e. The maximum atomic E-state index is 13.2. The van der Waals surface area contributed by atoms with Crippen LogP contribution in [0.4, 0.5) is 4.39 Å². The van der Waals surface area contributed by atoms with Gasteiger partial charge in [-0.3, -0.25) is 0 Å². The van der Waals surface area contributed by atoms with Crippen molar-refractivity contribution >= 4 is 17.8 Å². The van der Waals surface area contributed by atoms with E-state index in [2.05, 4.69) is 5.16 Å². The number of benzene rings is 2. The van der Waals surface area contributed by atoms with E-state index < -0.39 is 0 Å². The van der Waals surface area contributed by atoms with E-state index in [-0.39, 0.29) is 12.4 Å². The first kappa shape index (κ1) is 16.1. The lowest BCUT2D eigenvalue weighted by molar-refractivity contribution is 0.269. The number of rotatable bonds is 6. The van der Waals surface area contributed by atoms with Gasteiger partial charge in [0, 0.05) is 5.56 Å². The van der Waals surface area contributed by atoms with Crippen LogP contribution in [-0.4, -0.2) is 18.0 Å². The molecule has 0 atom stereocenters. The maximum Gasteiger partial charge on any atom is 0.180 e. The zero-order valence-electron chi connectivity index (χ0n) is 11.9. The predicted molar refractivity (Wildman–Crippen MR) is 82.7 cm³/mol. The van der Waals surface area contributed by atoms with Gasteiger partial charge in [0.15, 0.2) is 11.5 Å². The van der Waals surface area contributed by atoms with Crippen LogP contribution in [-0.2, 0) is 6.61 Å². The number of ether oxygens (including phenoxy) is 2. The van der Waals surface area contributed by atoms with Crippen molar-refractivity contribution < 1.29 is 19.1 Å². The fourth-order valence-corrected chi connectivity index (χ4v) is 2.19. The third kappa shape index (κ3) is 4.11. The van der Waals surface area contributed by atoms with Crippen LogP contribution < -0.4 is 9.47 Å². The largest absolute Gasteiger partial charge is 0.490 e. The molecule has 0 fully saturated rings. The summed E-state index contributed by atoms with van der Waals surface area (Å²) < 4.78 is 24.3. The molecule has 22 heavy (non-hydrogen) atoms. The van der Waals surface area contributed by atoms with Gasteiger partial charge < -0.3 is 14.7 Å². The average molecular weight is 324 g/mol. The number of halogens is 2. The van der Waals surface area contributed by atoms with Gasteiger partial charge in [-0.05, 0) is 36.8 Å². The Morgan fingerprint density at radius 2 is 2.09 bits per heavy atom. The molecule has 2 aromatic rings. The van der Waals surface area contributed by atoms with Crippen LogP contribution in [0.15, 0.2) is 41.6 Å². The summed E-state index contributed by atoms with van der Waals surface area (Å²) in [6.45, 7) is 2.41. The minimum Gasteiger partial charge on any atom is -0.490 e. The normalized spacial score (nSPS) is 10.9. The lowest BCUT2D eigenvalue weighted by Crippen LogP contribution is -2.01. The fraction of sp³-hybridized carbons (Fsp3) is 0.188. The summed E-state index contributed by atoms with van der Waals surface area (Å²) in [6.07, 6.45) is 1.24. The van der Waals surface area contributed by atoms with Crippen LogP contribution in [0.3, 0.4) is 0 Å². The molecule has 0 aromatic heterocycles. The first-order chi connectivity index (χ1) is 10.6. The molecule has 6 heteroatoms. The van der Waals surface area contributed by atoms with Crippen LogP contribution in [0.25, 0.3) is 0 Å². The molecule has 0 heterocycles. The van der Waals surface area contributed by atoms with Crippen molar-refractivity contribution in [3.05, 3.63) is 58.4 Å². The molecule has 2 rings (SSSR count). The highest BCUT2D eigenvalue weighted by Gasteiger charge is 2.12. The Labute approximate surface area is 132 Å². The van der Waals surface area contributed by atoms with E-state index in [9.17, 15) is 4.39 Å². The van der Waals surface area contributed by atoms with Crippen molar-refractivity contribution in [2.75, 3.05) is 6.61 Å². The Kier molecular flexibility index (Phi) is 5.61. The van der Waals surface area contributed by atoms with Gasteiger partial charge in [-0.15, -0.1) is 0 Å². The Bertz CT molecular complexity index is 676. The van der Waals surface area contributed by atoms with Gasteiger partial charge in [0.05, 0.1) is 17.8 Å². The summed E-state index contributed by atoms with van der Waals surface area (Å²) >= 11 is 6.18. The van der Waals surface area contributed by atoms with Gasteiger partial charge in [-0.25, -0.2) is 4.39 Å². The van der Waals surface area contributed by atoms with E-state index in [1.54, 1.807) is 24.3 Å². The van der Waals surface area contributed by atoms with Crippen molar-refractivity contribution in [2.24, 2.45) is 5.16 Å². The second-order valence-electron chi connectivity index (χ2n) is 4.43. The average Bonchev–Trinajstić information content (AvgIpc) is 2.47. The van der Waals surface area contributed by atoms with Crippen LogP contribution in [0.1, 0.15) is 18.1 Å². The molecule has 0 bridgehead atoms. The SMILES string of the molecule is CCOc1cc(C=NO)cc(Cl)c1OCc1cccc(F)c1. The highest BCUT2D eigenvalue weighted by Crippen LogP contribution is 2.36. The van der Waals surface area contributed by atoms with Crippen LogP contribution >= 0.6 is 11.6 Å². The minimum absolute atomic E-state index is 0.158. The van der Waals surface area contributed by atoms with Crippen LogP contribution in [0.2, 0.25) is 5.02 Å². The van der Waals surface area contributed by atoms with Gasteiger partial charge in [-0.1, -0.05) is 28.9 Å². The fourth-order valence-electron chi connectivity index (χ4n) is 1.91. The molecule has 0 saturated heterocycles. The van der Waals surface area contributed by atoms with Gasteiger partial charge in [0.2, 0.25) is 0 Å². The number of nitrogens with zero attached hydrogens (tertiary/aromatic N) is 1. The van der Waals surface area contributed by atoms with E-state index in [0.29, 0.717) is 34.3 Å². The molecule has 4 nitrogen and oxygen atoms in total. The Morgan fingerprint density at radius 1 is 1.27 bits per heavy atom. The van der Waals surface area contributed by atoms with Gasteiger partial charge in [0.1, 0.15) is 12.4 Å². The van der Waals surface area contributed by atoms with Crippen molar-refractivity contribution in [3.63, 3.8) is 0 Å². The monoisotopic (exact) mass is 323 g/mol. The maximum absolute atomic E-state index is 13.2. The molecule has 116 valence electrons. The van der Waals surface area contributed by atoms with Crippen molar-refractivity contribution in [2.45, 2.75) is 13.5 Å². The zero-order chi connectivity index (χ0) is 15.9. The predicted octanol–water partition coefficient (Wildman–Crippen LogP) is 4.26. The van der Waals surface area contributed by atoms with E-state index >= 15 is 0 Å². The van der Waals surface area contributed by atoms with Crippen LogP contribution in [0, 0.1) is 5.82 Å². The molecular weight excluding hydrogens is 309 g/mol. The lowest BCUT2D eigenvalue weighted by atomic mass is 10.2. The molecular formula is C16H15ClFNO3. The van der Waals surface area contributed by atoms with E-state index in [4.69, 9.17) is 26.3 Å². The topological polar surface area (TPSA) is 51.0 Å². The van der Waals surface area contributed by atoms with Gasteiger partial charge in [0.25, 0.3) is 0 Å². The summed E-state index contributed by atoms with van der Waals surface area (Å²) in [4.78, 5) is 0. The third-order valence-corrected chi connectivity index (χ3v) is 3.09. The molecule has 0 aliphatic carbocycles. The second-order valence-corrected chi connectivity index (χ2v) is 4.83. The lowest BCUT2D eigenvalue weighted by Gasteiger charge is -2.14. The molecule has 0 amide bonds. The highest BCUT2D eigenvalue weighted by atomic mass is 35.5. The van der Waals surface area contributed by atoms with Gasteiger partial charge in [-0.2, -0.15) is 0 Å². The molecule has 0 aliphatic heterocycles. The molecule has 2 aromatic carbocycles. The van der Waals surface area contributed by atoms with Crippen molar-refractivity contribution in [3.8, 4) is 11.5 Å². The summed E-state index contributed by atoms with van der Waals surface area (Å²) in [5, 5.41) is 11.9. The first-order valence-corrected chi connectivity index (χ1v) is 7.03. The van der Waals surface area contributed by atoms with Crippen molar-refractivity contribution in [1.82, 2.24) is 0 Å². The van der Waals surface area contributed by atoms with E-state index in [0.717, 1.165) is 0 Å². The Morgan fingerprint density at radius 3 is 2.77 bits per heavy atom. The summed E-state index contributed by atoms with van der Waals surface area (Å²) in [5.41, 5.74) is 1.26. The standard InChI is InChI=1S/C16H15ClFNO3/c1-2-21-15-8-12(9-19-20)7-14(17)16(15)22-10-11-4-3-5-13(18)6-11/h3-9,20H,2,10H2,1H3. The second kappa shape index (κ2) is 7.66. The van der Waals surface area contributed by atoms with E-state index in [1.165, 1.54) is 18.3 Å². The number of oxime groups is 1. The number of hydrogen-bond acceptors (Lipinski definition) is 4. The van der Waals surface area contributed by atoms with Crippen LogP contribution in [0.5, 0.6) is 11.5 Å². The quantitative estimate of drug-likeness (QED) is 0.491. The summed E-state index contributed by atoms with van der Waals surface area (Å²) in [7, 11) is 0. The zero-order valence-corrected chi connectivity index (χ0v) is 12.7. The molecule has 1 N–H and O–H groups in total.